The van der Waals surface area contributed by atoms with Gasteiger partial charge in [-0.05, 0) is 30.2 Å². The first-order valence-corrected chi connectivity index (χ1v) is 4.93. The lowest BCUT2D eigenvalue weighted by atomic mass is 10.2. The van der Waals surface area contributed by atoms with Crippen LogP contribution in [-0.4, -0.2) is 9.91 Å². The van der Waals surface area contributed by atoms with Crippen molar-refractivity contribution >= 4 is 5.69 Å². The first kappa shape index (κ1) is 10.8. The van der Waals surface area contributed by atoms with E-state index in [1.54, 1.807) is 24.4 Å². The maximum absolute atomic E-state index is 10.5. The van der Waals surface area contributed by atoms with Gasteiger partial charge in [-0.1, -0.05) is 12.0 Å². The Morgan fingerprint density at radius 3 is 2.41 bits per heavy atom. The largest absolute Gasteiger partial charge is 0.269 e. The van der Waals surface area contributed by atoms with Gasteiger partial charge in [-0.3, -0.25) is 10.1 Å². The number of hydrogen-bond donors (Lipinski definition) is 0. The Morgan fingerprint density at radius 1 is 1.06 bits per heavy atom. The molecular formula is C13H8N2O2. The quantitative estimate of drug-likeness (QED) is 0.424. The summed E-state index contributed by atoms with van der Waals surface area (Å²) in [5.41, 5.74) is 1.46. The summed E-state index contributed by atoms with van der Waals surface area (Å²) in [6.45, 7) is 0. The second-order valence-electron chi connectivity index (χ2n) is 3.27. The Labute approximate surface area is 98.1 Å². The minimum atomic E-state index is -0.435. The second-order valence-corrected chi connectivity index (χ2v) is 3.27. The van der Waals surface area contributed by atoms with Crippen molar-refractivity contribution in [1.29, 1.82) is 0 Å². The summed E-state index contributed by atoms with van der Waals surface area (Å²) in [7, 11) is 0. The number of pyridine rings is 1. The van der Waals surface area contributed by atoms with E-state index >= 15 is 0 Å². The van der Waals surface area contributed by atoms with E-state index in [-0.39, 0.29) is 5.69 Å². The maximum atomic E-state index is 10.5. The predicted molar refractivity (Wildman–Crippen MR) is 63.3 cm³/mol. The van der Waals surface area contributed by atoms with Crippen molar-refractivity contribution in [2.24, 2.45) is 0 Å². The number of hydrogen-bond acceptors (Lipinski definition) is 3. The number of nitrogens with zero attached hydrogens (tertiary/aromatic N) is 2. The molecule has 4 nitrogen and oxygen atoms in total. The van der Waals surface area contributed by atoms with Gasteiger partial charge in [-0.15, -0.1) is 0 Å². The molecule has 17 heavy (non-hydrogen) atoms. The fraction of sp³-hybridized carbons (Fsp3) is 0. The van der Waals surface area contributed by atoms with Crippen molar-refractivity contribution in [3.8, 4) is 11.8 Å². The molecule has 0 fully saturated rings. The van der Waals surface area contributed by atoms with E-state index in [1.807, 2.05) is 12.1 Å². The van der Waals surface area contributed by atoms with Gasteiger partial charge in [0.25, 0.3) is 5.69 Å². The molecule has 1 aromatic carbocycles. The monoisotopic (exact) mass is 224 g/mol. The Morgan fingerprint density at radius 2 is 1.82 bits per heavy atom. The molecule has 2 aromatic rings. The highest BCUT2D eigenvalue weighted by atomic mass is 16.6. The SMILES string of the molecule is O=[N+]([O-])c1ccc(C#Cc2ccccn2)cc1. The lowest BCUT2D eigenvalue weighted by molar-refractivity contribution is -0.384. The summed E-state index contributed by atoms with van der Waals surface area (Å²) in [6.07, 6.45) is 1.67. The molecule has 0 unspecified atom stereocenters. The summed E-state index contributed by atoms with van der Waals surface area (Å²) in [5, 5.41) is 10.5. The highest BCUT2D eigenvalue weighted by molar-refractivity contribution is 5.43. The number of benzene rings is 1. The number of nitro groups is 1. The number of rotatable bonds is 1. The standard InChI is InChI=1S/C13H8N2O2/c16-15(17)13-8-5-11(6-9-13)4-7-12-3-1-2-10-14-12/h1-3,5-6,8-10H. The van der Waals surface area contributed by atoms with Crippen molar-refractivity contribution in [3.63, 3.8) is 0 Å². The van der Waals surface area contributed by atoms with Crippen LogP contribution in [0.3, 0.4) is 0 Å². The maximum Gasteiger partial charge on any atom is 0.269 e. The topological polar surface area (TPSA) is 56.0 Å². The van der Waals surface area contributed by atoms with Crippen LogP contribution in [0.25, 0.3) is 0 Å². The predicted octanol–water partition coefficient (Wildman–Crippen LogP) is 2.39. The fourth-order valence-electron chi connectivity index (χ4n) is 1.24. The van der Waals surface area contributed by atoms with E-state index in [0.717, 1.165) is 5.56 Å². The Balaban J connectivity index is 2.20. The number of aromatic nitrogens is 1. The van der Waals surface area contributed by atoms with Gasteiger partial charge in [-0.25, -0.2) is 4.98 Å². The van der Waals surface area contributed by atoms with E-state index in [2.05, 4.69) is 16.8 Å². The van der Waals surface area contributed by atoms with Crippen LogP contribution >= 0.6 is 0 Å². The molecule has 82 valence electrons. The van der Waals surface area contributed by atoms with Crippen LogP contribution in [0, 0.1) is 22.0 Å². The summed E-state index contributed by atoms with van der Waals surface area (Å²) in [5.74, 6) is 5.77. The number of nitro benzene ring substituents is 1. The normalized spacial score (nSPS) is 9.18. The lowest BCUT2D eigenvalue weighted by Gasteiger charge is -1.91. The van der Waals surface area contributed by atoms with Crippen LogP contribution < -0.4 is 0 Å². The zero-order valence-corrected chi connectivity index (χ0v) is 8.83. The Hall–Kier alpha value is -2.67. The van der Waals surface area contributed by atoms with Crippen molar-refractivity contribution in [3.05, 3.63) is 70.0 Å². The van der Waals surface area contributed by atoms with Gasteiger partial charge in [0.05, 0.1) is 4.92 Å². The molecule has 0 N–H and O–H groups in total. The Kier molecular flexibility index (Phi) is 3.13. The van der Waals surface area contributed by atoms with Crippen LogP contribution in [-0.2, 0) is 0 Å². The molecule has 0 amide bonds. The van der Waals surface area contributed by atoms with E-state index in [1.165, 1.54) is 12.1 Å². The molecule has 0 aliphatic heterocycles. The summed E-state index contributed by atoms with van der Waals surface area (Å²) in [4.78, 5) is 14.1. The molecular weight excluding hydrogens is 216 g/mol. The third-order valence-corrected chi connectivity index (χ3v) is 2.08. The third kappa shape index (κ3) is 2.89. The summed E-state index contributed by atoms with van der Waals surface area (Å²) in [6, 6.07) is 11.6. The van der Waals surface area contributed by atoms with Crippen LogP contribution in [0.4, 0.5) is 5.69 Å². The first-order chi connectivity index (χ1) is 8.25. The molecule has 1 heterocycles. The first-order valence-electron chi connectivity index (χ1n) is 4.93. The molecule has 0 saturated carbocycles. The molecule has 0 saturated heterocycles. The van der Waals surface area contributed by atoms with Gasteiger partial charge in [0.1, 0.15) is 5.69 Å². The molecule has 0 aliphatic rings. The van der Waals surface area contributed by atoms with Gasteiger partial charge in [0.2, 0.25) is 0 Å². The van der Waals surface area contributed by atoms with Gasteiger partial charge in [0.15, 0.2) is 0 Å². The molecule has 0 aliphatic carbocycles. The Bertz CT molecular complexity index is 580. The average Bonchev–Trinajstić information content (AvgIpc) is 2.38. The molecule has 4 heteroatoms. The minimum absolute atomic E-state index is 0.0633. The van der Waals surface area contributed by atoms with E-state index in [4.69, 9.17) is 0 Å². The van der Waals surface area contributed by atoms with Gasteiger partial charge >= 0.3 is 0 Å². The van der Waals surface area contributed by atoms with Crippen molar-refractivity contribution in [2.45, 2.75) is 0 Å². The highest BCUT2D eigenvalue weighted by Crippen LogP contribution is 2.10. The van der Waals surface area contributed by atoms with E-state index in [0.29, 0.717) is 5.69 Å². The van der Waals surface area contributed by atoms with Crippen molar-refractivity contribution < 1.29 is 4.92 Å². The molecule has 0 bridgehead atoms. The van der Waals surface area contributed by atoms with Crippen LogP contribution in [0.2, 0.25) is 0 Å². The molecule has 0 atom stereocenters. The van der Waals surface area contributed by atoms with Gasteiger partial charge in [0, 0.05) is 23.9 Å². The zero-order chi connectivity index (χ0) is 12.1. The zero-order valence-electron chi connectivity index (χ0n) is 8.83. The fourth-order valence-corrected chi connectivity index (χ4v) is 1.24. The average molecular weight is 224 g/mol. The minimum Gasteiger partial charge on any atom is -0.258 e. The molecule has 0 spiro atoms. The van der Waals surface area contributed by atoms with Crippen molar-refractivity contribution in [1.82, 2.24) is 4.98 Å². The molecule has 1 aromatic heterocycles. The molecule has 0 radical (unpaired) electrons. The van der Waals surface area contributed by atoms with E-state index in [9.17, 15) is 10.1 Å². The second kappa shape index (κ2) is 4.90. The summed E-state index contributed by atoms with van der Waals surface area (Å²) >= 11 is 0. The molecule has 2 rings (SSSR count). The summed E-state index contributed by atoms with van der Waals surface area (Å²) < 4.78 is 0. The lowest BCUT2D eigenvalue weighted by Crippen LogP contribution is -1.87. The smallest absolute Gasteiger partial charge is 0.258 e. The van der Waals surface area contributed by atoms with Crippen LogP contribution in [0.5, 0.6) is 0 Å². The van der Waals surface area contributed by atoms with Crippen LogP contribution in [0.15, 0.2) is 48.7 Å². The third-order valence-electron chi connectivity index (χ3n) is 2.08. The van der Waals surface area contributed by atoms with E-state index < -0.39 is 4.92 Å². The van der Waals surface area contributed by atoms with Crippen LogP contribution in [0.1, 0.15) is 11.3 Å². The van der Waals surface area contributed by atoms with Gasteiger partial charge in [-0.2, -0.15) is 0 Å². The van der Waals surface area contributed by atoms with Gasteiger partial charge < -0.3 is 0 Å². The number of non-ortho nitro benzene ring substituents is 1. The highest BCUT2D eigenvalue weighted by Gasteiger charge is 2.02. The van der Waals surface area contributed by atoms with Crippen molar-refractivity contribution in [2.75, 3.05) is 0 Å².